The van der Waals surface area contributed by atoms with Crippen LogP contribution in [0.25, 0.3) is 0 Å². The van der Waals surface area contributed by atoms with E-state index in [-0.39, 0.29) is 12.8 Å². The smallest absolute Gasteiger partial charge is 0.326 e. The number of rotatable bonds is 15. The molecule has 0 spiro atoms. The van der Waals surface area contributed by atoms with Gasteiger partial charge in [0.2, 0.25) is 17.7 Å². The van der Waals surface area contributed by atoms with Gasteiger partial charge in [0.1, 0.15) is 24.2 Å². The quantitative estimate of drug-likeness (QED) is 0.161. The Morgan fingerprint density at radius 1 is 0.889 bits per heavy atom. The van der Waals surface area contributed by atoms with E-state index in [1.54, 1.807) is 44.2 Å². The van der Waals surface area contributed by atoms with Gasteiger partial charge in [-0.3, -0.25) is 19.2 Å². The van der Waals surface area contributed by atoms with Crippen molar-refractivity contribution >= 4 is 29.7 Å². The zero-order chi connectivity index (χ0) is 27.4. The standard InChI is InChI=1S/C24H36N4O8/c1-4-13(2)20(23(34)27-17(24(35)36)12-15-8-6-5-7-9-15)28-21(32)16(10-11-18(30)31)26-22(33)19(25)14(3)29/h5-9,13-14,16-17,19-20,29H,4,10-12,25H2,1-3H3,(H,26,33)(H,27,34)(H,28,32)(H,30,31)(H,35,36). The Labute approximate surface area is 209 Å². The minimum absolute atomic E-state index is 0.0254. The second-order valence-electron chi connectivity index (χ2n) is 8.72. The van der Waals surface area contributed by atoms with E-state index < -0.39 is 72.3 Å². The lowest BCUT2D eigenvalue weighted by molar-refractivity contribution is -0.142. The molecule has 0 saturated carbocycles. The number of hydrogen-bond donors (Lipinski definition) is 7. The molecule has 200 valence electrons. The molecule has 0 aromatic heterocycles. The zero-order valence-corrected chi connectivity index (χ0v) is 20.6. The summed E-state index contributed by atoms with van der Waals surface area (Å²) in [5.74, 6) is -5.31. The zero-order valence-electron chi connectivity index (χ0n) is 20.6. The van der Waals surface area contributed by atoms with Gasteiger partial charge in [-0.05, 0) is 24.8 Å². The fraction of sp³-hybridized carbons (Fsp3) is 0.542. The number of carboxylic acids is 2. The molecule has 12 heteroatoms. The van der Waals surface area contributed by atoms with Gasteiger partial charge in [0.25, 0.3) is 0 Å². The molecule has 1 rings (SSSR count). The number of amides is 3. The molecule has 0 aliphatic heterocycles. The van der Waals surface area contributed by atoms with Gasteiger partial charge in [0.15, 0.2) is 0 Å². The van der Waals surface area contributed by atoms with Gasteiger partial charge >= 0.3 is 11.9 Å². The maximum Gasteiger partial charge on any atom is 0.326 e. The lowest BCUT2D eigenvalue weighted by Gasteiger charge is -2.28. The van der Waals surface area contributed by atoms with Crippen LogP contribution in [0.15, 0.2) is 30.3 Å². The van der Waals surface area contributed by atoms with Gasteiger partial charge in [-0.1, -0.05) is 50.6 Å². The average molecular weight is 509 g/mol. The number of hydrogen-bond acceptors (Lipinski definition) is 7. The molecule has 0 aliphatic carbocycles. The summed E-state index contributed by atoms with van der Waals surface area (Å²) in [5, 5.41) is 35.5. The van der Waals surface area contributed by atoms with Gasteiger partial charge in [-0.15, -0.1) is 0 Å². The van der Waals surface area contributed by atoms with Crippen LogP contribution in [-0.2, 0) is 30.4 Å². The largest absolute Gasteiger partial charge is 0.481 e. The summed E-state index contributed by atoms with van der Waals surface area (Å²) < 4.78 is 0. The Bertz CT molecular complexity index is 909. The second-order valence-corrected chi connectivity index (χ2v) is 8.72. The van der Waals surface area contributed by atoms with Crippen LogP contribution < -0.4 is 21.7 Å². The number of aliphatic carboxylic acids is 2. The molecule has 0 saturated heterocycles. The first-order valence-electron chi connectivity index (χ1n) is 11.7. The molecule has 8 N–H and O–H groups in total. The van der Waals surface area contributed by atoms with Gasteiger partial charge in [0.05, 0.1) is 6.10 Å². The SMILES string of the molecule is CCC(C)C(NC(=O)C(CCC(=O)O)NC(=O)C(N)C(C)O)C(=O)NC(Cc1ccccc1)C(=O)O. The molecule has 0 fully saturated rings. The van der Waals surface area contributed by atoms with E-state index in [9.17, 15) is 34.2 Å². The van der Waals surface area contributed by atoms with Crippen LogP contribution in [0.1, 0.15) is 45.6 Å². The Hall–Kier alpha value is -3.51. The number of aliphatic hydroxyl groups excluding tert-OH is 1. The highest BCUT2D eigenvalue weighted by atomic mass is 16.4. The Morgan fingerprint density at radius 2 is 1.47 bits per heavy atom. The van der Waals surface area contributed by atoms with Crippen LogP contribution in [0.3, 0.4) is 0 Å². The van der Waals surface area contributed by atoms with E-state index in [0.29, 0.717) is 12.0 Å². The summed E-state index contributed by atoms with van der Waals surface area (Å²) in [7, 11) is 0. The number of nitrogens with one attached hydrogen (secondary N) is 3. The average Bonchev–Trinajstić information content (AvgIpc) is 2.83. The number of benzene rings is 1. The lowest BCUT2D eigenvalue weighted by atomic mass is 9.96. The van der Waals surface area contributed by atoms with Crippen molar-refractivity contribution in [3.8, 4) is 0 Å². The van der Waals surface area contributed by atoms with Crippen molar-refractivity contribution in [3.63, 3.8) is 0 Å². The highest BCUT2D eigenvalue weighted by Crippen LogP contribution is 2.11. The number of carboxylic acid groups (broad SMARTS) is 2. The predicted molar refractivity (Wildman–Crippen MR) is 130 cm³/mol. The molecule has 3 amide bonds. The van der Waals surface area contributed by atoms with Gasteiger partial charge in [-0.25, -0.2) is 4.79 Å². The van der Waals surface area contributed by atoms with Crippen molar-refractivity contribution in [1.29, 1.82) is 0 Å². The fourth-order valence-electron chi connectivity index (χ4n) is 3.29. The minimum Gasteiger partial charge on any atom is -0.481 e. The van der Waals surface area contributed by atoms with E-state index in [1.807, 2.05) is 0 Å². The van der Waals surface area contributed by atoms with Crippen molar-refractivity contribution in [2.75, 3.05) is 0 Å². The van der Waals surface area contributed by atoms with E-state index in [4.69, 9.17) is 10.8 Å². The van der Waals surface area contributed by atoms with Gasteiger partial charge in [-0.2, -0.15) is 0 Å². The van der Waals surface area contributed by atoms with Crippen LogP contribution in [0.5, 0.6) is 0 Å². The molecular weight excluding hydrogens is 472 g/mol. The van der Waals surface area contributed by atoms with Crippen LogP contribution in [-0.4, -0.2) is 75.3 Å². The third kappa shape index (κ3) is 10.0. The van der Waals surface area contributed by atoms with Gasteiger partial charge < -0.3 is 37.0 Å². The fourth-order valence-corrected chi connectivity index (χ4v) is 3.29. The molecular formula is C24H36N4O8. The third-order valence-corrected chi connectivity index (χ3v) is 5.79. The van der Waals surface area contributed by atoms with E-state index in [0.717, 1.165) is 0 Å². The predicted octanol–water partition coefficient (Wildman–Crippen LogP) is -0.613. The van der Waals surface area contributed by atoms with E-state index in [1.165, 1.54) is 6.92 Å². The highest BCUT2D eigenvalue weighted by Gasteiger charge is 2.33. The van der Waals surface area contributed by atoms with Crippen molar-refractivity contribution in [2.24, 2.45) is 11.7 Å². The molecule has 36 heavy (non-hydrogen) atoms. The molecule has 12 nitrogen and oxygen atoms in total. The van der Waals surface area contributed by atoms with Crippen molar-refractivity contribution < 1.29 is 39.3 Å². The molecule has 6 atom stereocenters. The van der Waals surface area contributed by atoms with Crippen LogP contribution in [0, 0.1) is 5.92 Å². The van der Waals surface area contributed by atoms with Crippen molar-refractivity contribution in [1.82, 2.24) is 16.0 Å². The molecule has 0 bridgehead atoms. The van der Waals surface area contributed by atoms with Crippen LogP contribution >= 0.6 is 0 Å². The van der Waals surface area contributed by atoms with Crippen LogP contribution in [0.2, 0.25) is 0 Å². The number of carbonyl (C=O) groups excluding carboxylic acids is 3. The minimum atomic E-state index is -1.35. The maximum atomic E-state index is 13.1. The first kappa shape index (κ1) is 30.5. The molecule has 6 unspecified atom stereocenters. The van der Waals surface area contributed by atoms with Crippen molar-refractivity contribution in [2.45, 2.75) is 76.7 Å². The number of aliphatic hydroxyl groups is 1. The summed E-state index contributed by atoms with van der Waals surface area (Å²) in [6.45, 7) is 4.75. The molecule has 0 aliphatic rings. The summed E-state index contributed by atoms with van der Waals surface area (Å²) in [4.78, 5) is 61.2. The van der Waals surface area contributed by atoms with E-state index >= 15 is 0 Å². The molecule has 1 aromatic carbocycles. The maximum absolute atomic E-state index is 13.1. The molecule has 0 heterocycles. The first-order valence-corrected chi connectivity index (χ1v) is 11.7. The normalized spacial score (nSPS) is 15.9. The summed E-state index contributed by atoms with van der Waals surface area (Å²) in [6, 6.07) is 3.60. The number of nitrogens with two attached hydrogens (primary N) is 1. The Balaban J connectivity index is 3.06. The molecule has 1 aromatic rings. The summed E-state index contributed by atoms with van der Waals surface area (Å²) in [6.07, 6.45) is -1.49. The summed E-state index contributed by atoms with van der Waals surface area (Å²) in [5.41, 5.74) is 6.29. The molecule has 0 radical (unpaired) electrons. The topological polar surface area (TPSA) is 208 Å². The lowest BCUT2D eigenvalue weighted by Crippen LogP contribution is -2.59. The highest BCUT2D eigenvalue weighted by molar-refractivity contribution is 5.94. The Morgan fingerprint density at radius 3 is 1.97 bits per heavy atom. The van der Waals surface area contributed by atoms with Gasteiger partial charge in [0, 0.05) is 12.8 Å². The monoisotopic (exact) mass is 508 g/mol. The first-order chi connectivity index (χ1) is 16.9. The van der Waals surface area contributed by atoms with Crippen LogP contribution in [0.4, 0.5) is 0 Å². The second kappa shape index (κ2) is 14.8. The number of carbonyl (C=O) groups is 5. The van der Waals surface area contributed by atoms with E-state index in [2.05, 4.69) is 16.0 Å². The van der Waals surface area contributed by atoms with Crippen molar-refractivity contribution in [3.05, 3.63) is 35.9 Å². The third-order valence-electron chi connectivity index (χ3n) is 5.79. The summed E-state index contributed by atoms with van der Waals surface area (Å²) >= 11 is 0. The Kier molecular flexibility index (Phi) is 12.5.